The summed E-state index contributed by atoms with van der Waals surface area (Å²) >= 11 is 0. The highest BCUT2D eigenvalue weighted by Gasteiger charge is 2.55. The molecule has 36 heavy (non-hydrogen) atoms. The first-order chi connectivity index (χ1) is 17.5. The number of carbonyl (C=O) groups is 2. The van der Waals surface area contributed by atoms with Gasteiger partial charge >= 0.3 is 0 Å². The van der Waals surface area contributed by atoms with Crippen molar-refractivity contribution in [2.24, 2.45) is 0 Å². The zero-order valence-corrected chi connectivity index (χ0v) is 20.5. The van der Waals surface area contributed by atoms with Gasteiger partial charge in [-0.05, 0) is 35.7 Å². The van der Waals surface area contributed by atoms with Crippen molar-refractivity contribution in [1.29, 1.82) is 0 Å². The Balaban J connectivity index is 1.11. The number of methoxy groups -OCH3 is 1. The Hall–Kier alpha value is -2.98. The van der Waals surface area contributed by atoms with E-state index in [2.05, 4.69) is 33.7 Å². The maximum absolute atomic E-state index is 12.7. The predicted molar refractivity (Wildman–Crippen MR) is 133 cm³/mol. The second-order valence-corrected chi connectivity index (χ2v) is 9.77. The maximum atomic E-state index is 12.7. The van der Waals surface area contributed by atoms with Crippen LogP contribution in [0.1, 0.15) is 34.3 Å². The molecular formula is C27H33N3O6. The molecule has 9 heteroatoms. The fraction of sp³-hybridized carbons (Fsp3) is 0.481. The van der Waals surface area contributed by atoms with Crippen LogP contribution in [0.15, 0.2) is 42.5 Å². The lowest BCUT2D eigenvalue weighted by atomic mass is 9.75. The Morgan fingerprint density at radius 1 is 1.25 bits per heavy atom. The molecule has 2 amide bonds. The third-order valence-corrected chi connectivity index (χ3v) is 7.14. The summed E-state index contributed by atoms with van der Waals surface area (Å²) in [5.74, 6) is -0.00444. The zero-order chi connectivity index (χ0) is 25.1. The van der Waals surface area contributed by atoms with Crippen LogP contribution in [0.25, 0.3) is 0 Å². The minimum Gasteiger partial charge on any atom is -0.475 e. The summed E-state index contributed by atoms with van der Waals surface area (Å²) in [6.45, 7) is 3.30. The van der Waals surface area contributed by atoms with Gasteiger partial charge in [-0.2, -0.15) is 0 Å². The molecule has 1 aliphatic carbocycles. The summed E-state index contributed by atoms with van der Waals surface area (Å²) in [5.41, 5.74) is 2.58. The Bertz CT molecular complexity index is 1120. The van der Waals surface area contributed by atoms with E-state index in [4.69, 9.17) is 14.2 Å². The number of ether oxygens (including phenoxy) is 3. The summed E-state index contributed by atoms with van der Waals surface area (Å²) in [5, 5.41) is 16.2. The largest absolute Gasteiger partial charge is 0.475 e. The van der Waals surface area contributed by atoms with E-state index in [-0.39, 0.29) is 24.5 Å². The lowest BCUT2D eigenvalue weighted by Crippen LogP contribution is -2.61. The lowest BCUT2D eigenvalue weighted by molar-refractivity contribution is -0.161. The lowest BCUT2D eigenvalue weighted by Gasteiger charge is -2.47. The molecule has 2 aromatic rings. The molecule has 0 saturated heterocycles. The summed E-state index contributed by atoms with van der Waals surface area (Å²) in [6.07, 6.45) is 1.19. The first-order valence-electron chi connectivity index (χ1n) is 12.5. The number of aliphatic hydroxyl groups excluding tert-OH is 1. The van der Waals surface area contributed by atoms with Gasteiger partial charge in [-0.3, -0.25) is 14.5 Å². The van der Waals surface area contributed by atoms with Crippen LogP contribution in [0, 0.1) is 0 Å². The van der Waals surface area contributed by atoms with Crippen molar-refractivity contribution in [1.82, 2.24) is 10.2 Å². The number of anilines is 1. The van der Waals surface area contributed by atoms with Crippen LogP contribution in [-0.4, -0.2) is 79.6 Å². The maximum Gasteiger partial charge on any atom is 0.268 e. The molecule has 9 nitrogen and oxygen atoms in total. The molecule has 2 heterocycles. The molecule has 0 aromatic heterocycles. The number of nitrogens with one attached hydrogen (secondary N) is 2. The molecule has 2 aliphatic heterocycles. The molecule has 192 valence electrons. The highest BCUT2D eigenvalue weighted by molar-refractivity contribution is 6.03. The number of carbonyl (C=O) groups excluding carboxylic acids is 2. The Kier molecular flexibility index (Phi) is 7.25. The molecule has 1 spiro atoms. The van der Waals surface area contributed by atoms with Gasteiger partial charge in [0.25, 0.3) is 11.8 Å². The number of amides is 2. The zero-order valence-electron chi connectivity index (χ0n) is 20.5. The highest BCUT2D eigenvalue weighted by atomic mass is 16.5. The molecule has 1 saturated carbocycles. The van der Waals surface area contributed by atoms with Crippen molar-refractivity contribution in [3.05, 3.63) is 59.2 Å². The molecule has 2 aromatic carbocycles. The van der Waals surface area contributed by atoms with Gasteiger partial charge in [-0.15, -0.1) is 0 Å². The van der Waals surface area contributed by atoms with Gasteiger partial charge in [-0.25, -0.2) is 0 Å². The van der Waals surface area contributed by atoms with Crippen LogP contribution in [0.4, 0.5) is 5.69 Å². The minimum atomic E-state index is -0.923. The van der Waals surface area contributed by atoms with Gasteiger partial charge in [-0.1, -0.05) is 24.3 Å². The standard InChI is InChI=1S/C27H33N3O6/c1-34-10-11-35-22-13-27(14-22)26(33)29-23-12-19(6-7-24(23)36-27)25(32)28-15-21(31)17-30-9-8-18-4-2-3-5-20(18)16-30/h2-7,12,21-22,31H,8-11,13-17H2,1H3,(H,28,32)(H,29,33). The average molecular weight is 496 g/mol. The molecule has 0 bridgehead atoms. The van der Waals surface area contributed by atoms with Crippen LogP contribution in [-0.2, 0) is 27.2 Å². The van der Waals surface area contributed by atoms with Crippen molar-refractivity contribution in [3.63, 3.8) is 0 Å². The summed E-state index contributed by atoms with van der Waals surface area (Å²) in [7, 11) is 1.62. The number of hydrogen-bond donors (Lipinski definition) is 3. The van der Waals surface area contributed by atoms with Crippen molar-refractivity contribution < 1.29 is 28.9 Å². The van der Waals surface area contributed by atoms with Gasteiger partial charge in [0.15, 0.2) is 5.60 Å². The van der Waals surface area contributed by atoms with E-state index in [0.29, 0.717) is 49.6 Å². The van der Waals surface area contributed by atoms with E-state index < -0.39 is 11.7 Å². The molecule has 1 unspecified atom stereocenters. The van der Waals surface area contributed by atoms with Crippen LogP contribution in [0.2, 0.25) is 0 Å². The third kappa shape index (κ3) is 5.24. The Morgan fingerprint density at radius 2 is 2.06 bits per heavy atom. The first kappa shape index (κ1) is 24.7. The van der Waals surface area contributed by atoms with E-state index in [1.54, 1.807) is 25.3 Å². The molecule has 1 atom stereocenters. The normalized spacial score (nSPS) is 23.6. The smallest absolute Gasteiger partial charge is 0.268 e. The number of β-amino-alcohol motifs (C(OH)–C–C–N with tert-alkyl or cyclic N) is 1. The number of rotatable bonds is 9. The average Bonchev–Trinajstić information content (AvgIpc) is 2.86. The number of fused-ring (bicyclic) bond motifs is 2. The monoisotopic (exact) mass is 495 g/mol. The van der Waals surface area contributed by atoms with Crippen molar-refractivity contribution in [2.75, 3.05) is 45.3 Å². The fourth-order valence-corrected chi connectivity index (χ4v) is 5.10. The topological polar surface area (TPSA) is 109 Å². The van der Waals surface area contributed by atoms with E-state index >= 15 is 0 Å². The van der Waals surface area contributed by atoms with Crippen LogP contribution >= 0.6 is 0 Å². The minimum absolute atomic E-state index is 0.0383. The quantitative estimate of drug-likeness (QED) is 0.455. The Labute approximate surface area is 210 Å². The SMILES string of the molecule is COCCOC1CC2(C1)Oc1ccc(C(=O)NCC(O)CN3CCc4ccccc4C3)cc1NC2=O. The van der Waals surface area contributed by atoms with Crippen LogP contribution in [0.3, 0.4) is 0 Å². The van der Waals surface area contributed by atoms with E-state index in [9.17, 15) is 14.7 Å². The predicted octanol–water partition coefficient (Wildman–Crippen LogP) is 1.73. The summed E-state index contributed by atoms with van der Waals surface area (Å²) in [4.78, 5) is 27.7. The molecule has 5 rings (SSSR count). The number of hydrogen-bond acceptors (Lipinski definition) is 7. The molecular weight excluding hydrogens is 462 g/mol. The first-order valence-corrected chi connectivity index (χ1v) is 12.5. The molecule has 1 fully saturated rings. The van der Waals surface area contributed by atoms with Gasteiger partial charge in [0.1, 0.15) is 5.75 Å². The van der Waals surface area contributed by atoms with Gasteiger partial charge < -0.3 is 30.0 Å². The Morgan fingerprint density at radius 3 is 2.86 bits per heavy atom. The highest BCUT2D eigenvalue weighted by Crippen LogP contribution is 2.45. The van der Waals surface area contributed by atoms with Crippen molar-refractivity contribution in [2.45, 2.75) is 43.6 Å². The van der Waals surface area contributed by atoms with Gasteiger partial charge in [0, 0.05) is 51.7 Å². The van der Waals surface area contributed by atoms with E-state index in [1.807, 2.05) is 6.07 Å². The fourth-order valence-electron chi connectivity index (χ4n) is 5.10. The second kappa shape index (κ2) is 10.6. The third-order valence-electron chi connectivity index (χ3n) is 7.14. The molecule has 0 radical (unpaired) electrons. The second-order valence-electron chi connectivity index (χ2n) is 9.77. The number of nitrogens with zero attached hydrogens (tertiary/aromatic N) is 1. The van der Waals surface area contributed by atoms with E-state index in [0.717, 1.165) is 19.5 Å². The van der Waals surface area contributed by atoms with Crippen LogP contribution in [0.5, 0.6) is 5.75 Å². The van der Waals surface area contributed by atoms with Gasteiger partial charge in [0.2, 0.25) is 0 Å². The van der Waals surface area contributed by atoms with Crippen molar-refractivity contribution in [3.8, 4) is 5.75 Å². The van der Waals surface area contributed by atoms with Crippen LogP contribution < -0.4 is 15.4 Å². The number of aliphatic hydroxyl groups is 1. The molecule has 3 N–H and O–H groups in total. The van der Waals surface area contributed by atoms with Crippen molar-refractivity contribution >= 4 is 17.5 Å². The number of benzene rings is 2. The molecule has 3 aliphatic rings. The van der Waals surface area contributed by atoms with E-state index in [1.165, 1.54) is 11.1 Å². The summed E-state index contributed by atoms with van der Waals surface area (Å²) < 4.78 is 16.7. The summed E-state index contributed by atoms with van der Waals surface area (Å²) in [6, 6.07) is 13.3. The van der Waals surface area contributed by atoms with Gasteiger partial charge in [0.05, 0.1) is 31.1 Å².